The first-order valence-corrected chi connectivity index (χ1v) is 6.12. The van der Waals surface area contributed by atoms with Crippen molar-refractivity contribution in [3.05, 3.63) is 30.1 Å². The van der Waals surface area contributed by atoms with Gasteiger partial charge in [0.1, 0.15) is 0 Å². The molecule has 1 rings (SSSR count). The Balaban J connectivity index is 1.96. The SMILES string of the molecule is C#CCCC(=O)NCCCNCc1cccnc1. The molecule has 4 nitrogen and oxygen atoms in total. The molecule has 0 saturated heterocycles. The first-order chi connectivity index (χ1) is 8.83. The average Bonchev–Trinajstić information content (AvgIpc) is 2.41. The van der Waals surface area contributed by atoms with E-state index in [9.17, 15) is 4.79 Å². The van der Waals surface area contributed by atoms with Crippen LogP contribution in [-0.4, -0.2) is 24.0 Å². The smallest absolute Gasteiger partial charge is 0.220 e. The van der Waals surface area contributed by atoms with Crippen molar-refractivity contribution in [3.63, 3.8) is 0 Å². The van der Waals surface area contributed by atoms with E-state index in [0.717, 1.165) is 25.1 Å². The van der Waals surface area contributed by atoms with Crippen LogP contribution in [0.3, 0.4) is 0 Å². The van der Waals surface area contributed by atoms with Gasteiger partial charge in [-0.1, -0.05) is 6.07 Å². The van der Waals surface area contributed by atoms with Crippen LogP contribution in [-0.2, 0) is 11.3 Å². The molecule has 0 aliphatic rings. The highest BCUT2D eigenvalue weighted by molar-refractivity contribution is 5.76. The fraction of sp³-hybridized carbons (Fsp3) is 0.429. The van der Waals surface area contributed by atoms with Gasteiger partial charge in [-0.15, -0.1) is 12.3 Å². The number of rotatable bonds is 8. The predicted molar refractivity (Wildman–Crippen MR) is 71.6 cm³/mol. The van der Waals surface area contributed by atoms with E-state index in [4.69, 9.17) is 6.42 Å². The number of pyridine rings is 1. The van der Waals surface area contributed by atoms with Crippen LogP contribution in [0.1, 0.15) is 24.8 Å². The topological polar surface area (TPSA) is 54.0 Å². The zero-order chi connectivity index (χ0) is 13.1. The molecule has 0 fully saturated rings. The molecule has 0 radical (unpaired) electrons. The molecular weight excluding hydrogens is 226 g/mol. The minimum absolute atomic E-state index is 0.0280. The Kier molecular flexibility index (Phi) is 7.26. The van der Waals surface area contributed by atoms with E-state index in [1.165, 1.54) is 0 Å². The molecule has 1 amide bonds. The molecule has 0 aliphatic heterocycles. The van der Waals surface area contributed by atoms with Gasteiger partial charge in [0.15, 0.2) is 0 Å². The van der Waals surface area contributed by atoms with E-state index in [1.807, 2.05) is 18.3 Å². The zero-order valence-corrected chi connectivity index (χ0v) is 10.5. The summed E-state index contributed by atoms with van der Waals surface area (Å²) < 4.78 is 0. The van der Waals surface area contributed by atoms with Crippen molar-refractivity contribution in [2.24, 2.45) is 0 Å². The molecule has 0 aromatic carbocycles. The molecule has 0 bridgehead atoms. The molecule has 18 heavy (non-hydrogen) atoms. The van der Waals surface area contributed by atoms with E-state index in [1.54, 1.807) is 6.20 Å². The van der Waals surface area contributed by atoms with Gasteiger partial charge in [0.25, 0.3) is 0 Å². The second kappa shape index (κ2) is 9.20. The lowest BCUT2D eigenvalue weighted by atomic mass is 10.3. The number of nitrogens with one attached hydrogen (secondary N) is 2. The third-order valence-corrected chi connectivity index (χ3v) is 2.40. The maximum atomic E-state index is 11.2. The molecular formula is C14H19N3O. The molecule has 2 N–H and O–H groups in total. The molecule has 0 saturated carbocycles. The highest BCUT2D eigenvalue weighted by Gasteiger charge is 1.98. The second-order valence-corrected chi connectivity index (χ2v) is 3.95. The lowest BCUT2D eigenvalue weighted by Gasteiger charge is -2.06. The van der Waals surface area contributed by atoms with Crippen LogP contribution >= 0.6 is 0 Å². The predicted octanol–water partition coefficient (Wildman–Crippen LogP) is 1.09. The van der Waals surface area contributed by atoms with Crippen molar-refractivity contribution in [1.29, 1.82) is 0 Å². The third-order valence-electron chi connectivity index (χ3n) is 2.40. The largest absolute Gasteiger partial charge is 0.356 e. The number of aromatic nitrogens is 1. The molecule has 1 aromatic rings. The Bertz CT molecular complexity index is 384. The van der Waals surface area contributed by atoms with Crippen LogP contribution in [0.15, 0.2) is 24.5 Å². The Morgan fingerprint density at radius 3 is 3.06 bits per heavy atom. The van der Waals surface area contributed by atoms with Gasteiger partial charge in [-0.2, -0.15) is 0 Å². The van der Waals surface area contributed by atoms with Crippen LogP contribution in [0, 0.1) is 12.3 Å². The van der Waals surface area contributed by atoms with Crippen molar-refractivity contribution in [3.8, 4) is 12.3 Å². The number of hydrogen-bond acceptors (Lipinski definition) is 3. The number of hydrogen-bond donors (Lipinski definition) is 2. The summed E-state index contributed by atoms with van der Waals surface area (Å²) in [7, 11) is 0. The maximum Gasteiger partial charge on any atom is 0.220 e. The summed E-state index contributed by atoms with van der Waals surface area (Å²) in [4.78, 5) is 15.3. The highest BCUT2D eigenvalue weighted by atomic mass is 16.1. The van der Waals surface area contributed by atoms with Gasteiger partial charge >= 0.3 is 0 Å². The Morgan fingerprint density at radius 1 is 1.44 bits per heavy atom. The standard InChI is InChI=1S/C14H19N3O/c1-2-3-7-14(18)17-10-5-9-16-12-13-6-4-8-15-11-13/h1,4,6,8,11,16H,3,5,7,9-10,12H2,(H,17,18). The zero-order valence-electron chi connectivity index (χ0n) is 10.5. The Hall–Kier alpha value is -1.86. The Morgan fingerprint density at radius 2 is 2.33 bits per heavy atom. The van der Waals surface area contributed by atoms with Gasteiger partial charge in [-0.25, -0.2) is 0 Å². The van der Waals surface area contributed by atoms with Crippen LogP contribution < -0.4 is 10.6 Å². The summed E-state index contributed by atoms with van der Waals surface area (Å²) in [6, 6.07) is 3.95. The fourth-order valence-electron chi connectivity index (χ4n) is 1.45. The molecule has 4 heteroatoms. The lowest BCUT2D eigenvalue weighted by Crippen LogP contribution is -2.26. The number of carbonyl (C=O) groups is 1. The van der Waals surface area contributed by atoms with Crippen molar-refractivity contribution in [2.75, 3.05) is 13.1 Å². The van der Waals surface area contributed by atoms with Crippen molar-refractivity contribution in [2.45, 2.75) is 25.8 Å². The second-order valence-electron chi connectivity index (χ2n) is 3.95. The van der Waals surface area contributed by atoms with E-state index in [2.05, 4.69) is 21.5 Å². The van der Waals surface area contributed by atoms with Gasteiger partial charge in [-0.05, 0) is 24.6 Å². The molecule has 96 valence electrons. The van der Waals surface area contributed by atoms with E-state index in [-0.39, 0.29) is 5.91 Å². The lowest BCUT2D eigenvalue weighted by molar-refractivity contribution is -0.120. The highest BCUT2D eigenvalue weighted by Crippen LogP contribution is 1.94. The number of nitrogens with zero attached hydrogens (tertiary/aromatic N) is 1. The van der Waals surface area contributed by atoms with Gasteiger partial charge in [0.2, 0.25) is 5.91 Å². The summed E-state index contributed by atoms with van der Waals surface area (Å²) in [6.07, 6.45) is 10.5. The molecule has 0 spiro atoms. The van der Waals surface area contributed by atoms with Crippen LogP contribution in [0.5, 0.6) is 0 Å². The summed E-state index contributed by atoms with van der Waals surface area (Å²) >= 11 is 0. The minimum atomic E-state index is 0.0280. The molecule has 0 atom stereocenters. The quantitative estimate of drug-likeness (QED) is 0.532. The summed E-state index contributed by atoms with van der Waals surface area (Å²) in [6.45, 7) is 2.35. The average molecular weight is 245 g/mol. The molecule has 0 aliphatic carbocycles. The monoisotopic (exact) mass is 245 g/mol. The minimum Gasteiger partial charge on any atom is -0.356 e. The maximum absolute atomic E-state index is 11.2. The fourth-order valence-corrected chi connectivity index (χ4v) is 1.45. The van der Waals surface area contributed by atoms with Crippen LogP contribution in [0.4, 0.5) is 0 Å². The number of amides is 1. The first kappa shape index (κ1) is 14.2. The van der Waals surface area contributed by atoms with Gasteiger partial charge < -0.3 is 10.6 Å². The summed E-state index contributed by atoms with van der Waals surface area (Å²) in [5.41, 5.74) is 1.16. The van der Waals surface area contributed by atoms with Gasteiger partial charge in [0.05, 0.1) is 0 Å². The van der Waals surface area contributed by atoms with Crippen LogP contribution in [0.25, 0.3) is 0 Å². The van der Waals surface area contributed by atoms with Crippen molar-refractivity contribution >= 4 is 5.91 Å². The molecule has 1 heterocycles. The molecule has 0 unspecified atom stereocenters. The first-order valence-electron chi connectivity index (χ1n) is 6.12. The van der Waals surface area contributed by atoms with Crippen molar-refractivity contribution in [1.82, 2.24) is 15.6 Å². The Labute approximate surface area is 108 Å². The van der Waals surface area contributed by atoms with Gasteiger partial charge in [0, 0.05) is 38.3 Å². The van der Waals surface area contributed by atoms with Crippen LogP contribution in [0.2, 0.25) is 0 Å². The summed E-state index contributed by atoms with van der Waals surface area (Å²) in [5.74, 6) is 2.48. The van der Waals surface area contributed by atoms with Crippen molar-refractivity contribution < 1.29 is 4.79 Å². The molecule has 1 aromatic heterocycles. The van der Waals surface area contributed by atoms with E-state index >= 15 is 0 Å². The van der Waals surface area contributed by atoms with E-state index in [0.29, 0.717) is 19.4 Å². The number of carbonyl (C=O) groups excluding carboxylic acids is 1. The third kappa shape index (κ3) is 6.66. The van der Waals surface area contributed by atoms with Gasteiger partial charge in [-0.3, -0.25) is 9.78 Å². The summed E-state index contributed by atoms with van der Waals surface area (Å²) in [5, 5.41) is 6.12. The normalized spacial score (nSPS) is 9.72. The van der Waals surface area contributed by atoms with E-state index < -0.39 is 0 Å². The number of terminal acetylenes is 1.